The van der Waals surface area contributed by atoms with Crippen molar-refractivity contribution in [3.05, 3.63) is 29.8 Å². The van der Waals surface area contributed by atoms with E-state index in [4.69, 9.17) is 14.2 Å². The van der Waals surface area contributed by atoms with E-state index < -0.39 is 23.4 Å². The van der Waals surface area contributed by atoms with Gasteiger partial charge in [0.05, 0.1) is 0 Å². The van der Waals surface area contributed by atoms with Gasteiger partial charge in [-0.15, -0.1) is 0 Å². The molecular weight excluding hydrogens is 699 g/mol. The second-order valence-electron chi connectivity index (χ2n) is 16.7. The molecule has 0 radical (unpaired) electrons. The third-order valence-corrected chi connectivity index (χ3v) is 8.93. The number of carbonyl (C=O) groups excluding carboxylic acids is 4. The number of alkyl carbamates (subject to hydrolysis) is 2. The highest BCUT2D eigenvalue weighted by Gasteiger charge is 2.18. The lowest BCUT2D eigenvalue weighted by atomic mass is 10.0. The van der Waals surface area contributed by atoms with Crippen LogP contribution in [0, 0.1) is 11.8 Å². The van der Waals surface area contributed by atoms with Gasteiger partial charge < -0.3 is 35.5 Å². The molecule has 0 bridgehead atoms. The summed E-state index contributed by atoms with van der Waals surface area (Å²) < 4.78 is 16.6. The third kappa shape index (κ3) is 27.7. The molecule has 12 heteroatoms. The maximum absolute atomic E-state index is 12.7. The molecular formula is C43H77N5O7. The Morgan fingerprint density at radius 1 is 0.600 bits per heavy atom. The highest BCUT2D eigenvalue weighted by atomic mass is 16.6. The molecule has 1 aromatic carbocycles. The number of carbonyl (C=O) groups is 4. The number of benzene rings is 1. The minimum absolute atomic E-state index is 0.0456. The lowest BCUT2D eigenvalue weighted by Gasteiger charge is -2.23. The monoisotopic (exact) mass is 776 g/mol. The Morgan fingerprint density at radius 3 is 1.49 bits per heavy atom. The van der Waals surface area contributed by atoms with Crippen LogP contribution < -0.4 is 26.0 Å². The predicted molar refractivity (Wildman–Crippen MR) is 221 cm³/mol. The zero-order valence-corrected chi connectivity index (χ0v) is 35.9. The minimum Gasteiger partial charge on any atom is -0.492 e. The Balaban J connectivity index is 2.47. The number of amides is 4. The summed E-state index contributed by atoms with van der Waals surface area (Å²) >= 11 is 0. The van der Waals surface area contributed by atoms with Crippen molar-refractivity contribution in [3.63, 3.8) is 0 Å². The quantitative estimate of drug-likeness (QED) is 0.0632. The van der Waals surface area contributed by atoms with E-state index >= 15 is 0 Å². The number of unbranched alkanes of at least 4 members (excludes halogenated alkanes) is 4. The number of nitrogens with zero attached hydrogens (tertiary/aromatic N) is 1. The molecule has 12 nitrogen and oxygen atoms in total. The van der Waals surface area contributed by atoms with Crippen LogP contribution in [0.5, 0.6) is 5.75 Å². The molecule has 1 aromatic rings. The average Bonchev–Trinajstić information content (AvgIpc) is 3.10. The molecule has 0 heterocycles. The van der Waals surface area contributed by atoms with Crippen molar-refractivity contribution in [1.82, 2.24) is 26.2 Å². The van der Waals surface area contributed by atoms with Gasteiger partial charge in [0.25, 0.3) is 0 Å². The number of rotatable bonds is 28. The van der Waals surface area contributed by atoms with Crippen molar-refractivity contribution >= 4 is 24.0 Å². The SMILES string of the molecule is CCCCCc1ccc(OCCN(CCCNC(=O)[C@@H](C)CCCCNC(=O)OC(C)(C)C)CCCNC(=O)[C@@H](C)CCCCNC(=O)OC(C)(C)C)cc1. The molecule has 4 N–H and O–H groups in total. The van der Waals surface area contributed by atoms with Gasteiger partial charge in [-0.05, 0) is 124 Å². The van der Waals surface area contributed by atoms with Gasteiger partial charge in [0, 0.05) is 44.6 Å². The molecule has 0 fully saturated rings. The maximum Gasteiger partial charge on any atom is 0.407 e. The van der Waals surface area contributed by atoms with Gasteiger partial charge >= 0.3 is 12.2 Å². The van der Waals surface area contributed by atoms with Crippen LogP contribution in [0.15, 0.2) is 24.3 Å². The zero-order valence-electron chi connectivity index (χ0n) is 35.9. The van der Waals surface area contributed by atoms with Crippen LogP contribution in [0.3, 0.4) is 0 Å². The summed E-state index contributed by atoms with van der Waals surface area (Å²) in [4.78, 5) is 51.4. The summed E-state index contributed by atoms with van der Waals surface area (Å²) in [5, 5.41) is 11.7. The number of hydrogen-bond acceptors (Lipinski definition) is 8. The van der Waals surface area contributed by atoms with Crippen LogP contribution in [0.4, 0.5) is 9.59 Å². The summed E-state index contributed by atoms with van der Waals surface area (Å²) in [6, 6.07) is 8.40. The van der Waals surface area contributed by atoms with Crippen LogP contribution in [-0.2, 0) is 25.5 Å². The van der Waals surface area contributed by atoms with Crippen molar-refractivity contribution in [1.29, 1.82) is 0 Å². The normalized spacial score (nSPS) is 12.8. The van der Waals surface area contributed by atoms with Gasteiger partial charge in [0.1, 0.15) is 23.6 Å². The van der Waals surface area contributed by atoms with Crippen molar-refractivity contribution < 1.29 is 33.4 Å². The number of ether oxygens (including phenoxy) is 3. The molecule has 1 rings (SSSR count). The Hall–Kier alpha value is -3.54. The molecule has 316 valence electrons. The average molecular weight is 776 g/mol. The van der Waals surface area contributed by atoms with E-state index in [0.29, 0.717) is 32.8 Å². The van der Waals surface area contributed by atoms with Gasteiger partial charge in [-0.25, -0.2) is 9.59 Å². The summed E-state index contributed by atoms with van der Waals surface area (Å²) in [6.45, 7) is 22.2. The van der Waals surface area contributed by atoms with E-state index in [-0.39, 0.29) is 23.7 Å². The van der Waals surface area contributed by atoms with Crippen molar-refractivity contribution in [2.75, 3.05) is 52.4 Å². The zero-order chi connectivity index (χ0) is 41.1. The van der Waals surface area contributed by atoms with Crippen LogP contribution in [-0.4, -0.2) is 92.5 Å². The predicted octanol–water partition coefficient (Wildman–Crippen LogP) is 7.77. The molecule has 4 amide bonds. The van der Waals surface area contributed by atoms with Gasteiger partial charge in [-0.1, -0.05) is 58.6 Å². The van der Waals surface area contributed by atoms with Gasteiger partial charge in [0.2, 0.25) is 11.8 Å². The van der Waals surface area contributed by atoms with Gasteiger partial charge in [0.15, 0.2) is 0 Å². The molecule has 0 saturated carbocycles. The molecule has 0 aliphatic carbocycles. The van der Waals surface area contributed by atoms with Crippen LogP contribution in [0.1, 0.15) is 139 Å². The van der Waals surface area contributed by atoms with Crippen molar-refractivity contribution in [2.45, 2.75) is 151 Å². The lowest BCUT2D eigenvalue weighted by Crippen LogP contribution is -2.36. The van der Waals surface area contributed by atoms with E-state index in [1.54, 1.807) is 0 Å². The molecule has 0 unspecified atom stereocenters. The van der Waals surface area contributed by atoms with E-state index in [1.165, 1.54) is 24.8 Å². The van der Waals surface area contributed by atoms with Crippen molar-refractivity contribution in [3.8, 4) is 5.75 Å². The first kappa shape index (κ1) is 49.5. The molecule has 0 saturated heterocycles. The summed E-state index contributed by atoms with van der Waals surface area (Å²) in [7, 11) is 0. The summed E-state index contributed by atoms with van der Waals surface area (Å²) in [6.07, 6.45) is 10.3. The lowest BCUT2D eigenvalue weighted by molar-refractivity contribution is -0.125. The molecule has 0 aliphatic heterocycles. The van der Waals surface area contributed by atoms with Crippen LogP contribution >= 0.6 is 0 Å². The molecule has 0 spiro atoms. The fourth-order valence-electron chi connectivity index (χ4n) is 5.76. The largest absolute Gasteiger partial charge is 0.492 e. The highest BCUT2D eigenvalue weighted by Crippen LogP contribution is 2.15. The summed E-state index contributed by atoms with van der Waals surface area (Å²) in [5.41, 5.74) is 0.289. The topological polar surface area (TPSA) is 147 Å². The Labute approximate surface area is 333 Å². The van der Waals surface area contributed by atoms with Gasteiger partial charge in [-0.3, -0.25) is 14.5 Å². The fraction of sp³-hybridized carbons (Fsp3) is 0.767. The molecule has 0 aliphatic rings. The third-order valence-electron chi connectivity index (χ3n) is 8.93. The van der Waals surface area contributed by atoms with Crippen LogP contribution in [0.2, 0.25) is 0 Å². The maximum atomic E-state index is 12.7. The Kier molecular flexibility index (Phi) is 25.1. The first-order valence-corrected chi connectivity index (χ1v) is 20.9. The number of hydrogen-bond donors (Lipinski definition) is 4. The smallest absolute Gasteiger partial charge is 0.407 e. The fourth-order valence-corrected chi connectivity index (χ4v) is 5.76. The Bertz CT molecular complexity index is 1150. The molecule has 2 atom stereocenters. The molecule has 55 heavy (non-hydrogen) atoms. The van der Waals surface area contributed by atoms with Gasteiger partial charge in [-0.2, -0.15) is 0 Å². The molecule has 0 aromatic heterocycles. The van der Waals surface area contributed by atoms with Crippen molar-refractivity contribution in [2.24, 2.45) is 11.8 Å². The second kappa shape index (κ2) is 27.9. The summed E-state index contributed by atoms with van der Waals surface area (Å²) in [5.74, 6) is 0.740. The minimum atomic E-state index is -0.523. The van der Waals surface area contributed by atoms with E-state index in [2.05, 4.69) is 45.2 Å². The number of nitrogens with one attached hydrogen (secondary N) is 4. The first-order chi connectivity index (χ1) is 26.0. The highest BCUT2D eigenvalue weighted by molar-refractivity contribution is 5.78. The van der Waals surface area contributed by atoms with E-state index in [9.17, 15) is 19.2 Å². The Morgan fingerprint density at radius 2 is 1.05 bits per heavy atom. The number of aryl methyl sites for hydroxylation is 1. The first-order valence-electron chi connectivity index (χ1n) is 20.9. The van der Waals surface area contributed by atoms with E-state index in [0.717, 1.165) is 83.2 Å². The van der Waals surface area contributed by atoms with Crippen LogP contribution in [0.25, 0.3) is 0 Å². The van der Waals surface area contributed by atoms with E-state index in [1.807, 2.05) is 67.5 Å². The standard InChI is InChI=1S/C43H77N5O7/c1-10-11-12-21-36-22-24-37(25-23-36)53-33-32-48(30-17-28-44-38(49)34(2)19-13-15-26-46-40(51)54-42(4,5)6)31-18-29-45-39(50)35(3)20-14-16-27-47-41(52)55-43(7,8)9/h22-25,34-35H,10-21,26-33H2,1-9H3,(H,44,49)(H,45,50)(H,46,51)(H,47,52)/t34-,35-/m0/s1. The second-order valence-corrected chi connectivity index (χ2v) is 16.7.